The number of rotatable bonds is 5. The minimum atomic E-state index is -0.0374. The van der Waals surface area contributed by atoms with Crippen LogP contribution in [0.2, 0.25) is 5.02 Å². The molecule has 0 bridgehead atoms. The van der Waals surface area contributed by atoms with Gasteiger partial charge in [0.15, 0.2) is 5.11 Å². The fourth-order valence-corrected chi connectivity index (χ4v) is 1.93. The van der Waals surface area contributed by atoms with Crippen molar-refractivity contribution in [1.82, 2.24) is 10.2 Å². The molecule has 0 spiro atoms. The lowest BCUT2D eigenvalue weighted by molar-refractivity contribution is -0.121. The van der Waals surface area contributed by atoms with Gasteiger partial charge in [0.1, 0.15) is 0 Å². The van der Waals surface area contributed by atoms with Crippen LogP contribution in [0, 0.1) is 0 Å². The van der Waals surface area contributed by atoms with Crippen LogP contribution >= 0.6 is 23.8 Å². The predicted molar refractivity (Wildman–Crippen MR) is 83.6 cm³/mol. The van der Waals surface area contributed by atoms with Crippen LogP contribution < -0.4 is 10.6 Å². The summed E-state index contributed by atoms with van der Waals surface area (Å²) in [4.78, 5) is 13.4. The van der Waals surface area contributed by atoms with Crippen molar-refractivity contribution in [3.8, 4) is 0 Å². The summed E-state index contributed by atoms with van der Waals surface area (Å²) >= 11 is 11.1. The van der Waals surface area contributed by atoms with Gasteiger partial charge >= 0.3 is 0 Å². The first-order chi connectivity index (χ1) is 9.06. The second-order valence-electron chi connectivity index (χ2n) is 3.90. The van der Waals surface area contributed by atoms with Gasteiger partial charge in [-0.3, -0.25) is 4.79 Å². The van der Waals surface area contributed by atoms with Crippen LogP contribution in [0.25, 0.3) is 0 Å². The average molecular weight is 300 g/mol. The normalized spacial score (nSPS) is 9.84. The minimum Gasteiger partial charge on any atom is -0.355 e. The van der Waals surface area contributed by atoms with E-state index in [1.807, 2.05) is 26.0 Å². The third-order valence-corrected chi connectivity index (χ3v) is 3.09. The van der Waals surface area contributed by atoms with E-state index < -0.39 is 0 Å². The lowest BCUT2D eigenvalue weighted by Crippen LogP contribution is -2.42. The second kappa shape index (κ2) is 7.96. The van der Waals surface area contributed by atoms with E-state index in [2.05, 4.69) is 10.6 Å². The van der Waals surface area contributed by atoms with Gasteiger partial charge in [0.2, 0.25) is 5.91 Å². The molecule has 1 aromatic carbocycles. The summed E-state index contributed by atoms with van der Waals surface area (Å²) in [5, 5.41) is 7.03. The van der Waals surface area contributed by atoms with Gasteiger partial charge in [0, 0.05) is 23.8 Å². The molecular weight excluding hydrogens is 282 g/mol. The number of nitrogens with zero attached hydrogens (tertiary/aromatic N) is 1. The topological polar surface area (TPSA) is 44.4 Å². The van der Waals surface area contributed by atoms with Crippen molar-refractivity contribution >= 4 is 40.5 Å². The highest BCUT2D eigenvalue weighted by Gasteiger charge is 2.11. The molecule has 2 N–H and O–H groups in total. The Morgan fingerprint density at radius 3 is 2.47 bits per heavy atom. The molecule has 0 aliphatic carbocycles. The van der Waals surface area contributed by atoms with Crippen molar-refractivity contribution in [3.05, 3.63) is 29.3 Å². The number of amides is 1. The van der Waals surface area contributed by atoms with Gasteiger partial charge in [-0.15, -0.1) is 0 Å². The molecule has 6 heteroatoms. The van der Waals surface area contributed by atoms with Crippen LogP contribution in [0.15, 0.2) is 24.3 Å². The highest BCUT2D eigenvalue weighted by Crippen LogP contribution is 2.13. The summed E-state index contributed by atoms with van der Waals surface area (Å²) in [7, 11) is 0. The second-order valence-corrected chi connectivity index (χ2v) is 4.73. The van der Waals surface area contributed by atoms with E-state index in [0.29, 0.717) is 23.2 Å². The molecule has 19 heavy (non-hydrogen) atoms. The van der Waals surface area contributed by atoms with Crippen molar-refractivity contribution in [2.45, 2.75) is 13.8 Å². The number of anilines is 1. The molecule has 0 atom stereocenters. The number of hydrogen-bond donors (Lipinski definition) is 2. The summed E-state index contributed by atoms with van der Waals surface area (Å²) in [5.74, 6) is -0.0374. The molecular formula is C13H18ClN3OS. The largest absolute Gasteiger partial charge is 0.355 e. The number of carbonyl (C=O) groups is 1. The molecule has 0 radical (unpaired) electrons. The number of benzene rings is 1. The van der Waals surface area contributed by atoms with Crippen molar-refractivity contribution < 1.29 is 4.79 Å². The molecule has 0 unspecified atom stereocenters. The van der Waals surface area contributed by atoms with Crippen molar-refractivity contribution in [3.63, 3.8) is 0 Å². The van der Waals surface area contributed by atoms with Gasteiger partial charge in [0.05, 0.1) is 6.54 Å². The number of nitrogens with one attached hydrogen (secondary N) is 2. The van der Waals surface area contributed by atoms with Crippen molar-refractivity contribution in [1.29, 1.82) is 0 Å². The first-order valence-electron chi connectivity index (χ1n) is 6.15. The molecule has 0 aromatic heterocycles. The van der Waals surface area contributed by atoms with E-state index in [-0.39, 0.29) is 12.5 Å². The molecule has 1 aromatic rings. The molecule has 0 saturated heterocycles. The van der Waals surface area contributed by atoms with E-state index in [4.69, 9.17) is 23.8 Å². The highest BCUT2D eigenvalue weighted by molar-refractivity contribution is 7.80. The van der Waals surface area contributed by atoms with Crippen LogP contribution in [0.4, 0.5) is 5.69 Å². The molecule has 0 saturated carbocycles. The van der Waals surface area contributed by atoms with Crippen molar-refractivity contribution in [2.24, 2.45) is 0 Å². The van der Waals surface area contributed by atoms with E-state index in [0.717, 1.165) is 5.69 Å². The number of hydrogen-bond acceptors (Lipinski definition) is 2. The molecule has 0 aliphatic rings. The average Bonchev–Trinajstić information content (AvgIpc) is 2.39. The van der Waals surface area contributed by atoms with E-state index >= 15 is 0 Å². The van der Waals surface area contributed by atoms with Crippen LogP contribution in [-0.4, -0.2) is 35.6 Å². The Bertz CT molecular complexity index is 436. The molecule has 1 rings (SSSR count). The maximum Gasteiger partial charge on any atom is 0.239 e. The fourth-order valence-electron chi connectivity index (χ4n) is 1.49. The quantitative estimate of drug-likeness (QED) is 0.820. The molecule has 0 aliphatic heterocycles. The Balaban J connectivity index is 2.58. The monoisotopic (exact) mass is 299 g/mol. The number of likely N-dealkylation sites (N-methyl/N-ethyl adjacent to an activating group) is 2. The Hall–Kier alpha value is -1.33. The predicted octanol–water partition coefficient (Wildman–Crippen LogP) is 2.49. The Morgan fingerprint density at radius 2 is 1.95 bits per heavy atom. The van der Waals surface area contributed by atoms with Crippen LogP contribution in [0.5, 0.6) is 0 Å². The summed E-state index contributed by atoms with van der Waals surface area (Å²) in [6.45, 7) is 5.38. The number of thiocarbonyl (C=S) groups is 1. The van der Waals surface area contributed by atoms with Gasteiger partial charge in [-0.2, -0.15) is 0 Å². The number of halogens is 1. The van der Waals surface area contributed by atoms with Crippen molar-refractivity contribution in [2.75, 3.05) is 25.0 Å². The molecule has 1 amide bonds. The minimum absolute atomic E-state index is 0.0374. The Morgan fingerprint density at radius 1 is 1.32 bits per heavy atom. The summed E-state index contributed by atoms with van der Waals surface area (Å²) < 4.78 is 0. The molecule has 4 nitrogen and oxygen atoms in total. The van der Waals surface area contributed by atoms with E-state index in [1.165, 1.54) is 0 Å². The lowest BCUT2D eigenvalue weighted by Gasteiger charge is -2.23. The maximum atomic E-state index is 11.6. The van der Waals surface area contributed by atoms with Gasteiger partial charge < -0.3 is 15.5 Å². The van der Waals surface area contributed by atoms with Gasteiger partial charge in [0.25, 0.3) is 0 Å². The Kier molecular flexibility index (Phi) is 6.59. The number of carbonyl (C=O) groups excluding carboxylic acids is 1. The third kappa shape index (κ3) is 5.44. The zero-order chi connectivity index (χ0) is 14.3. The Labute approximate surface area is 124 Å². The first kappa shape index (κ1) is 15.7. The smallest absolute Gasteiger partial charge is 0.239 e. The van der Waals surface area contributed by atoms with Crippen LogP contribution in [-0.2, 0) is 4.79 Å². The van der Waals surface area contributed by atoms with Gasteiger partial charge in [-0.05, 0) is 50.3 Å². The summed E-state index contributed by atoms with van der Waals surface area (Å²) in [6, 6.07) is 7.25. The zero-order valence-electron chi connectivity index (χ0n) is 11.1. The first-order valence-corrected chi connectivity index (χ1v) is 6.93. The van der Waals surface area contributed by atoms with E-state index in [1.54, 1.807) is 17.0 Å². The van der Waals surface area contributed by atoms with Crippen LogP contribution in [0.1, 0.15) is 13.8 Å². The van der Waals surface area contributed by atoms with Gasteiger partial charge in [-0.1, -0.05) is 11.6 Å². The zero-order valence-corrected chi connectivity index (χ0v) is 12.6. The summed E-state index contributed by atoms with van der Waals surface area (Å²) in [6.07, 6.45) is 0. The molecule has 104 valence electrons. The SMILES string of the molecule is CCNC(=O)CN(CC)C(=S)Nc1ccc(Cl)cc1. The van der Waals surface area contributed by atoms with Crippen LogP contribution in [0.3, 0.4) is 0 Å². The van der Waals surface area contributed by atoms with E-state index in [9.17, 15) is 4.79 Å². The summed E-state index contributed by atoms with van der Waals surface area (Å²) in [5.41, 5.74) is 0.851. The maximum absolute atomic E-state index is 11.6. The standard InChI is InChI=1S/C13H18ClN3OS/c1-3-15-12(18)9-17(4-2)13(19)16-11-7-5-10(14)6-8-11/h5-8H,3-4,9H2,1-2H3,(H,15,18)(H,16,19). The molecule has 0 heterocycles. The highest BCUT2D eigenvalue weighted by atomic mass is 35.5. The lowest BCUT2D eigenvalue weighted by atomic mass is 10.3. The third-order valence-electron chi connectivity index (χ3n) is 2.47. The fraction of sp³-hybridized carbons (Fsp3) is 0.385. The van der Waals surface area contributed by atoms with Gasteiger partial charge in [-0.25, -0.2) is 0 Å². The molecule has 0 fully saturated rings.